The predicted octanol–water partition coefficient (Wildman–Crippen LogP) is 6.97. The van der Waals surface area contributed by atoms with E-state index in [2.05, 4.69) is 61.3 Å². The first kappa shape index (κ1) is 17.3. The molecule has 5 rings (SSSR count). The first-order valence-electron chi connectivity index (χ1n) is 11.9. The summed E-state index contributed by atoms with van der Waals surface area (Å²) in [4.78, 5) is 4.33. The van der Waals surface area contributed by atoms with E-state index in [1.807, 2.05) is 24.3 Å². The third kappa shape index (κ3) is 4.34. The molecule has 0 aliphatic rings. The maximum atomic E-state index is 7.63. The molecule has 0 saturated carbocycles. The Morgan fingerprint density at radius 1 is 0.719 bits per heavy atom. The minimum atomic E-state index is -2.27. The number of fused-ring (bicyclic) bond motifs is 2. The van der Waals surface area contributed by atoms with Gasteiger partial charge in [-0.3, -0.25) is 0 Å². The topological polar surface area (TPSA) is 31.4 Å². The SMILES string of the molecule is [2H]C([2H])([2H])c1ccc2cccc([O][Al][O]c3ccc4cc(-c5cc(C)cc(C)c5)ccc4c3)c2n1. The molecule has 0 bridgehead atoms. The molecule has 4 aromatic carbocycles. The van der Waals surface area contributed by atoms with E-state index in [4.69, 9.17) is 11.7 Å². The summed E-state index contributed by atoms with van der Waals surface area (Å²) in [5.74, 6) is 1.24. The molecule has 0 unspecified atom stereocenters. The molecule has 155 valence electrons. The zero-order valence-corrected chi connectivity index (χ0v) is 19.1. The quantitative estimate of drug-likeness (QED) is 0.279. The van der Waals surface area contributed by atoms with Crippen molar-refractivity contribution in [2.75, 3.05) is 0 Å². The molecule has 0 spiro atoms. The minimum absolute atomic E-state index is 0.0479. The third-order valence-corrected chi connectivity index (χ3v) is 6.13. The number of para-hydroxylation sites is 1. The molecule has 0 saturated heterocycles. The highest BCUT2D eigenvalue weighted by Gasteiger charge is 2.10. The monoisotopic (exact) mass is 435 g/mol. The number of nitrogens with zero attached hydrogens (tertiary/aromatic N) is 1. The molecule has 0 aliphatic carbocycles. The maximum absolute atomic E-state index is 7.63. The normalized spacial score (nSPS) is 12.8. The number of aryl methyl sites for hydroxylation is 3. The molecular formula is C28H23AlNO2. The van der Waals surface area contributed by atoms with Crippen molar-refractivity contribution >= 4 is 37.6 Å². The van der Waals surface area contributed by atoms with Gasteiger partial charge < -0.3 is 7.58 Å². The molecular weight excluding hydrogens is 409 g/mol. The Kier molecular flexibility index (Phi) is 4.68. The second kappa shape index (κ2) is 8.67. The van der Waals surface area contributed by atoms with Gasteiger partial charge in [0.1, 0.15) is 11.3 Å². The van der Waals surface area contributed by atoms with Gasteiger partial charge in [-0.2, -0.15) is 0 Å². The molecule has 4 heteroatoms. The molecule has 1 radical (unpaired) electrons. The van der Waals surface area contributed by atoms with E-state index >= 15 is 0 Å². The van der Waals surface area contributed by atoms with Crippen molar-refractivity contribution in [1.29, 1.82) is 0 Å². The summed E-state index contributed by atoms with van der Waals surface area (Å²) in [5, 5.41) is 3.05. The van der Waals surface area contributed by atoms with Gasteiger partial charge in [0.05, 0.1) is 5.75 Å². The van der Waals surface area contributed by atoms with Gasteiger partial charge in [0, 0.05) is 15.2 Å². The van der Waals surface area contributed by atoms with Crippen molar-refractivity contribution in [3.05, 3.63) is 102 Å². The van der Waals surface area contributed by atoms with Gasteiger partial charge in [0.15, 0.2) is 0 Å². The van der Waals surface area contributed by atoms with Crippen molar-refractivity contribution in [2.24, 2.45) is 0 Å². The highest BCUT2D eigenvalue weighted by atomic mass is 27.2. The van der Waals surface area contributed by atoms with Gasteiger partial charge in [0.25, 0.3) is 0 Å². The lowest BCUT2D eigenvalue weighted by atomic mass is 9.98. The van der Waals surface area contributed by atoms with Crippen LogP contribution < -0.4 is 7.58 Å². The lowest BCUT2D eigenvalue weighted by Gasteiger charge is -2.12. The molecule has 0 N–H and O–H groups in total. The van der Waals surface area contributed by atoms with E-state index in [1.165, 1.54) is 28.3 Å². The van der Waals surface area contributed by atoms with Crippen LogP contribution in [0.2, 0.25) is 0 Å². The standard InChI is InChI=1S/C18H16O.C10H9NO.Al/c1-12-7-13(2)9-17(8-12)15-3-4-16-11-18(19)6-5-14(16)10-15;1-7-5-6-8-3-2-4-9(12)10(8)11-7;/h3-11,19H,1-2H3;2-6,12H,1H3;/q;;+2/p-2/i;1D3;. The fourth-order valence-electron chi connectivity index (χ4n) is 3.96. The Morgan fingerprint density at radius 3 is 2.34 bits per heavy atom. The first-order chi connectivity index (χ1) is 16.8. The van der Waals surface area contributed by atoms with Gasteiger partial charge in [0.2, 0.25) is 0 Å². The van der Waals surface area contributed by atoms with Gasteiger partial charge >= 0.3 is 15.9 Å². The molecule has 0 fully saturated rings. The molecule has 0 aliphatic heterocycles. The number of hydrogen-bond donors (Lipinski definition) is 0. The number of aromatic nitrogens is 1. The summed E-state index contributed by atoms with van der Waals surface area (Å²) in [6, 6.07) is 27.8. The Labute approximate surface area is 199 Å². The summed E-state index contributed by atoms with van der Waals surface area (Å²) in [6.45, 7) is 1.96. The van der Waals surface area contributed by atoms with Crippen molar-refractivity contribution in [2.45, 2.75) is 20.7 Å². The van der Waals surface area contributed by atoms with Crippen LogP contribution in [0.5, 0.6) is 11.5 Å². The fourth-order valence-corrected chi connectivity index (χ4v) is 4.56. The van der Waals surface area contributed by atoms with Crippen LogP contribution in [0, 0.1) is 20.7 Å². The van der Waals surface area contributed by atoms with E-state index in [1.54, 1.807) is 12.1 Å². The lowest BCUT2D eigenvalue weighted by Crippen LogP contribution is -2.11. The Morgan fingerprint density at radius 2 is 1.50 bits per heavy atom. The van der Waals surface area contributed by atoms with Crippen LogP contribution in [0.15, 0.2) is 84.9 Å². The van der Waals surface area contributed by atoms with Crippen molar-refractivity contribution in [3.8, 4) is 22.6 Å². The van der Waals surface area contributed by atoms with Crippen LogP contribution >= 0.6 is 0 Å². The molecule has 1 aromatic heterocycles. The summed E-state index contributed by atoms with van der Waals surface area (Å²) < 4.78 is 34.7. The number of rotatable bonds is 5. The van der Waals surface area contributed by atoms with E-state index in [0.29, 0.717) is 11.3 Å². The Hall–Kier alpha value is -3.32. The predicted molar refractivity (Wildman–Crippen MR) is 132 cm³/mol. The minimum Gasteiger partial charge on any atom is -0.616 e. The zero-order valence-electron chi connectivity index (χ0n) is 20.9. The first-order valence-corrected chi connectivity index (χ1v) is 11.4. The molecule has 3 nitrogen and oxygen atoms in total. The molecule has 0 amide bonds. The molecule has 0 atom stereocenters. The smallest absolute Gasteiger partial charge is 0.616 e. The summed E-state index contributed by atoms with van der Waals surface area (Å²) in [5.41, 5.74) is 5.48. The number of pyridine rings is 1. The van der Waals surface area contributed by atoms with Crippen LogP contribution in [0.25, 0.3) is 32.8 Å². The Bertz CT molecular complexity index is 1530. The van der Waals surface area contributed by atoms with E-state index < -0.39 is 22.7 Å². The highest BCUT2D eigenvalue weighted by molar-refractivity contribution is 6.21. The highest BCUT2D eigenvalue weighted by Crippen LogP contribution is 2.29. The van der Waals surface area contributed by atoms with Gasteiger partial charge in [-0.15, -0.1) is 0 Å². The lowest BCUT2D eigenvalue weighted by molar-refractivity contribution is 0.461. The number of hydrogen-bond acceptors (Lipinski definition) is 3. The zero-order chi connectivity index (χ0) is 24.6. The van der Waals surface area contributed by atoms with Crippen molar-refractivity contribution < 1.29 is 11.7 Å². The summed E-state index contributed by atoms with van der Waals surface area (Å²) in [6.07, 6.45) is 0. The molecule has 5 aromatic rings. The van der Waals surface area contributed by atoms with Crippen LogP contribution in [0.3, 0.4) is 0 Å². The van der Waals surface area contributed by atoms with Gasteiger partial charge in [-0.05, 0) is 72.9 Å². The van der Waals surface area contributed by atoms with Crippen LogP contribution in [0.1, 0.15) is 20.9 Å². The summed E-state index contributed by atoms with van der Waals surface area (Å²) in [7, 11) is 0. The molecule has 1 heterocycles. The van der Waals surface area contributed by atoms with E-state index in [-0.39, 0.29) is 5.69 Å². The summed E-state index contributed by atoms with van der Waals surface area (Å²) >= 11 is -0.865. The second-order valence-corrected chi connectivity index (χ2v) is 8.62. The van der Waals surface area contributed by atoms with Crippen LogP contribution in [0.4, 0.5) is 0 Å². The van der Waals surface area contributed by atoms with Crippen molar-refractivity contribution in [1.82, 2.24) is 4.98 Å². The van der Waals surface area contributed by atoms with Crippen molar-refractivity contribution in [3.63, 3.8) is 0 Å². The van der Waals surface area contributed by atoms with Gasteiger partial charge in [-0.25, -0.2) is 4.98 Å². The second-order valence-electron chi connectivity index (χ2n) is 7.96. The molecule has 32 heavy (non-hydrogen) atoms. The van der Waals surface area contributed by atoms with Crippen LogP contribution in [-0.4, -0.2) is 20.9 Å². The van der Waals surface area contributed by atoms with E-state index in [9.17, 15) is 0 Å². The third-order valence-electron chi connectivity index (χ3n) is 5.41. The van der Waals surface area contributed by atoms with Crippen LogP contribution in [-0.2, 0) is 0 Å². The fraction of sp³-hybridized carbons (Fsp3) is 0.107. The average molecular weight is 435 g/mol. The van der Waals surface area contributed by atoms with Gasteiger partial charge in [-0.1, -0.05) is 65.7 Å². The maximum Gasteiger partial charge on any atom is 0.881 e. The number of benzene rings is 4. The Balaban J connectivity index is 1.33. The van der Waals surface area contributed by atoms with E-state index in [0.717, 1.165) is 21.9 Å². The average Bonchev–Trinajstić information content (AvgIpc) is 2.82. The largest absolute Gasteiger partial charge is 0.881 e.